The van der Waals surface area contributed by atoms with E-state index in [4.69, 9.17) is 21.3 Å². The third-order valence-electron chi connectivity index (χ3n) is 4.35. The Bertz CT molecular complexity index is 584. The van der Waals surface area contributed by atoms with E-state index >= 15 is 0 Å². The van der Waals surface area contributed by atoms with Gasteiger partial charge in [0.05, 0.1) is 0 Å². The molecule has 30 heavy (non-hydrogen) atoms. The molecule has 0 aromatic carbocycles. The Morgan fingerprint density at radius 1 is 0.900 bits per heavy atom. The Morgan fingerprint density at radius 3 is 2.17 bits per heavy atom. The van der Waals surface area contributed by atoms with Gasteiger partial charge >= 0.3 is 11.9 Å². The molecule has 7 heteroatoms. The van der Waals surface area contributed by atoms with Crippen LogP contribution in [-0.2, 0) is 19.1 Å². The smallest absolute Gasteiger partial charge is 0.323 e. The van der Waals surface area contributed by atoms with Crippen molar-refractivity contribution in [1.29, 1.82) is 0 Å². The van der Waals surface area contributed by atoms with Gasteiger partial charge in [0.25, 0.3) is 0 Å². The molecule has 7 nitrogen and oxygen atoms in total. The van der Waals surface area contributed by atoms with Gasteiger partial charge in [-0.05, 0) is 51.5 Å². The zero-order chi connectivity index (χ0) is 22.6. The van der Waals surface area contributed by atoms with E-state index < -0.39 is 23.9 Å². The molecule has 0 spiro atoms. The highest BCUT2D eigenvalue weighted by Gasteiger charge is 2.17. The number of hydrogen-bond donors (Lipinski definition) is 3. The highest BCUT2D eigenvalue weighted by atomic mass is 16.5. The monoisotopic (exact) mass is 422 g/mol. The maximum absolute atomic E-state index is 11.8. The summed E-state index contributed by atoms with van der Waals surface area (Å²) in [5.74, 6) is -1.73. The zero-order valence-corrected chi connectivity index (χ0v) is 18.1. The number of carbonyl (C=O) groups excluding carboxylic acids is 2. The van der Waals surface area contributed by atoms with E-state index in [2.05, 4.69) is 24.3 Å². The Balaban J connectivity index is 3.71. The number of allylic oxidation sites excluding steroid dienone is 5. The van der Waals surface area contributed by atoms with Crippen molar-refractivity contribution in [3.63, 3.8) is 0 Å². The Labute approximate surface area is 180 Å². The first-order valence-corrected chi connectivity index (χ1v) is 10.8. The predicted octanol–water partition coefficient (Wildman–Crippen LogP) is 3.77. The molecule has 0 aliphatic rings. The summed E-state index contributed by atoms with van der Waals surface area (Å²) in [5, 5.41) is 8.56. The Kier molecular flexibility index (Phi) is 17.1. The van der Waals surface area contributed by atoms with Gasteiger partial charge in [0.2, 0.25) is 5.91 Å². The van der Waals surface area contributed by atoms with Crippen LogP contribution in [0.1, 0.15) is 77.6 Å². The molecular formula is C23H38N2O5. The summed E-state index contributed by atoms with van der Waals surface area (Å²) in [5.41, 5.74) is 10.7. The molecule has 2 atom stereocenters. The van der Waals surface area contributed by atoms with E-state index in [0.717, 1.165) is 51.4 Å². The largest absolute Gasteiger partial charge is 0.481 e. The number of primary amides is 1. The number of carbonyl (C=O) groups is 3. The zero-order valence-electron chi connectivity index (χ0n) is 18.1. The minimum Gasteiger partial charge on any atom is -0.481 e. The lowest BCUT2D eigenvalue weighted by molar-refractivity contribution is -0.148. The lowest BCUT2D eigenvalue weighted by Gasteiger charge is -2.13. The Hall–Kier alpha value is -2.41. The first kappa shape index (κ1) is 27.6. The number of ether oxygens (including phenoxy) is 1. The van der Waals surface area contributed by atoms with Crippen molar-refractivity contribution < 1.29 is 24.2 Å². The molecule has 1 unspecified atom stereocenters. The molecule has 0 aliphatic carbocycles. The van der Waals surface area contributed by atoms with E-state index in [1.807, 2.05) is 6.08 Å². The lowest BCUT2D eigenvalue weighted by atomic mass is 10.1. The van der Waals surface area contributed by atoms with E-state index in [9.17, 15) is 14.4 Å². The van der Waals surface area contributed by atoms with Crippen LogP contribution < -0.4 is 11.5 Å². The van der Waals surface area contributed by atoms with Crippen molar-refractivity contribution in [2.45, 2.75) is 89.7 Å². The molecule has 0 bridgehead atoms. The number of rotatable bonds is 18. The third kappa shape index (κ3) is 18.9. The molecule has 0 rings (SSSR count). The fraction of sp³-hybridized carbons (Fsp3) is 0.609. The van der Waals surface area contributed by atoms with Crippen molar-refractivity contribution >= 4 is 17.8 Å². The van der Waals surface area contributed by atoms with Crippen LogP contribution in [0.3, 0.4) is 0 Å². The third-order valence-corrected chi connectivity index (χ3v) is 4.35. The maximum atomic E-state index is 11.8. The second kappa shape index (κ2) is 18.6. The number of unbranched alkanes of at least 4 members (excludes halogenated alkanes) is 5. The lowest BCUT2D eigenvalue weighted by Crippen LogP contribution is -2.35. The molecule has 0 saturated carbocycles. The maximum Gasteiger partial charge on any atom is 0.323 e. The van der Waals surface area contributed by atoms with Crippen LogP contribution >= 0.6 is 0 Å². The predicted molar refractivity (Wildman–Crippen MR) is 119 cm³/mol. The van der Waals surface area contributed by atoms with Crippen molar-refractivity contribution in [2.75, 3.05) is 0 Å². The van der Waals surface area contributed by atoms with Gasteiger partial charge in [-0.2, -0.15) is 0 Å². The highest BCUT2D eigenvalue weighted by Crippen LogP contribution is 2.08. The average Bonchev–Trinajstić information content (AvgIpc) is 2.68. The van der Waals surface area contributed by atoms with Crippen LogP contribution in [0.25, 0.3) is 0 Å². The summed E-state index contributed by atoms with van der Waals surface area (Å²) in [4.78, 5) is 32.9. The number of aliphatic carboxylic acids is 1. The van der Waals surface area contributed by atoms with Gasteiger partial charge in [-0.3, -0.25) is 14.4 Å². The van der Waals surface area contributed by atoms with Crippen LogP contribution in [0.15, 0.2) is 36.5 Å². The van der Waals surface area contributed by atoms with Crippen LogP contribution in [0.2, 0.25) is 0 Å². The van der Waals surface area contributed by atoms with E-state index in [-0.39, 0.29) is 25.4 Å². The molecule has 0 aromatic heterocycles. The van der Waals surface area contributed by atoms with Gasteiger partial charge in [0, 0.05) is 12.8 Å². The second-order valence-corrected chi connectivity index (χ2v) is 7.30. The first-order valence-electron chi connectivity index (χ1n) is 10.8. The second-order valence-electron chi connectivity index (χ2n) is 7.30. The minimum absolute atomic E-state index is 0.0638. The minimum atomic E-state index is -0.836. The number of carboxylic acids is 1. The van der Waals surface area contributed by atoms with Crippen molar-refractivity contribution in [1.82, 2.24) is 0 Å². The van der Waals surface area contributed by atoms with E-state index in [1.165, 1.54) is 0 Å². The summed E-state index contributed by atoms with van der Waals surface area (Å²) >= 11 is 0. The molecule has 5 N–H and O–H groups in total. The van der Waals surface area contributed by atoms with Crippen LogP contribution in [0.5, 0.6) is 0 Å². The molecule has 0 fully saturated rings. The molecular weight excluding hydrogens is 384 g/mol. The van der Waals surface area contributed by atoms with Gasteiger partial charge in [-0.1, -0.05) is 49.6 Å². The summed E-state index contributed by atoms with van der Waals surface area (Å²) in [6.45, 7) is 1.76. The van der Waals surface area contributed by atoms with Crippen LogP contribution in [0, 0.1) is 0 Å². The first-order chi connectivity index (χ1) is 14.3. The summed E-state index contributed by atoms with van der Waals surface area (Å²) in [6.07, 6.45) is 20.2. The highest BCUT2D eigenvalue weighted by molar-refractivity contribution is 5.78. The SMILES string of the molecule is CC(/C=C\C/C=C\C/C=C\CCCCCCCC(=O)O)OC(=O)[C@@H](N)CCC(N)=O. The molecule has 0 radical (unpaired) electrons. The quantitative estimate of drug-likeness (QED) is 0.175. The molecule has 0 saturated heterocycles. The van der Waals surface area contributed by atoms with Gasteiger partial charge in [-0.25, -0.2) is 0 Å². The standard InChI is InChI=1S/C23H38N2O5/c1-19(30-23(29)20(24)17-18-21(25)26)15-13-11-9-7-5-3-2-4-6-8-10-12-14-16-22(27)28/h2-3,7,9,13,15,19-20H,4-6,8,10-12,14,16-18,24H2,1H3,(H2,25,26)(H,27,28)/b3-2-,9-7-,15-13-/t19?,20-/m0/s1. The van der Waals surface area contributed by atoms with Gasteiger partial charge in [0.15, 0.2) is 0 Å². The fourth-order valence-corrected chi connectivity index (χ4v) is 2.63. The summed E-state index contributed by atoms with van der Waals surface area (Å²) in [7, 11) is 0. The Morgan fingerprint density at radius 2 is 1.50 bits per heavy atom. The van der Waals surface area contributed by atoms with E-state index in [0.29, 0.717) is 0 Å². The summed E-state index contributed by atoms with van der Waals surface area (Å²) in [6, 6.07) is -0.836. The normalized spacial score (nSPS) is 13.8. The summed E-state index contributed by atoms with van der Waals surface area (Å²) < 4.78 is 5.20. The number of nitrogens with two attached hydrogens (primary N) is 2. The molecule has 0 aromatic rings. The molecule has 0 aliphatic heterocycles. The van der Waals surface area contributed by atoms with Crippen molar-refractivity contribution in [3.05, 3.63) is 36.5 Å². The van der Waals surface area contributed by atoms with Crippen LogP contribution in [0.4, 0.5) is 0 Å². The fourth-order valence-electron chi connectivity index (χ4n) is 2.63. The molecule has 1 amide bonds. The van der Waals surface area contributed by atoms with Crippen molar-refractivity contribution in [2.24, 2.45) is 11.5 Å². The number of hydrogen-bond acceptors (Lipinski definition) is 5. The topological polar surface area (TPSA) is 133 Å². The molecule has 0 heterocycles. The van der Waals surface area contributed by atoms with Crippen molar-refractivity contribution in [3.8, 4) is 0 Å². The number of esters is 1. The van der Waals surface area contributed by atoms with Gasteiger partial charge < -0.3 is 21.3 Å². The van der Waals surface area contributed by atoms with Gasteiger partial charge in [0.1, 0.15) is 12.1 Å². The average molecular weight is 423 g/mol. The number of carboxylic acid groups (broad SMARTS) is 1. The van der Waals surface area contributed by atoms with Crippen LogP contribution in [-0.4, -0.2) is 35.1 Å². The van der Waals surface area contributed by atoms with E-state index in [1.54, 1.807) is 13.0 Å². The number of amides is 1. The molecule has 170 valence electrons. The van der Waals surface area contributed by atoms with Gasteiger partial charge in [-0.15, -0.1) is 0 Å².